The van der Waals surface area contributed by atoms with Gasteiger partial charge in [0.1, 0.15) is 17.3 Å². The van der Waals surface area contributed by atoms with Gasteiger partial charge >= 0.3 is 0 Å². The van der Waals surface area contributed by atoms with E-state index in [0.717, 1.165) is 0 Å². The molecule has 8 heteroatoms. The Balaban J connectivity index is 2.12. The van der Waals surface area contributed by atoms with Crippen molar-refractivity contribution >= 4 is 29.1 Å². The number of amides is 1. The minimum absolute atomic E-state index is 0.0596. The standard InChI is InChI=1S/C23H24ClFN2O4/c1-4-31-18-10-7-15(13-17(18)24)21(28)19-20(14-5-8-16(25)9-6-14)27(12-11-26(2)3)23(30)22(19)29/h5-10,13,20,28H,4,11-12H2,1-3H3/b21-19+. The van der Waals surface area contributed by atoms with Crippen LogP contribution in [0.25, 0.3) is 5.76 Å². The van der Waals surface area contributed by atoms with Crippen LogP contribution < -0.4 is 4.74 Å². The summed E-state index contributed by atoms with van der Waals surface area (Å²) in [5.41, 5.74) is 0.750. The summed E-state index contributed by atoms with van der Waals surface area (Å²) >= 11 is 6.24. The minimum atomic E-state index is -0.842. The fraction of sp³-hybridized carbons (Fsp3) is 0.304. The predicted molar refractivity (Wildman–Crippen MR) is 117 cm³/mol. The number of rotatable bonds is 7. The van der Waals surface area contributed by atoms with Crippen LogP contribution in [0.5, 0.6) is 5.75 Å². The highest BCUT2D eigenvalue weighted by atomic mass is 35.5. The van der Waals surface area contributed by atoms with E-state index >= 15 is 0 Å². The number of likely N-dealkylation sites (tertiary alicyclic amines) is 1. The van der Waals surface area contributed by atoms with Crippen LogP contribution in [0.1, 0.15) is 24.1 Å². The van der Waals surface area contributed by atoms with E-state index in [1.54, 1.807) is 12.1 Å². The Bertz CT molecular complexity index is 1020. The molecule has 2 aromatic carbocycles. The first-order valence-electron chi connectivity index (χ1n) is 9.86. The molecule has 31 heavy (non-hydrogen) atoms. The molecule has 0 bridgehead atoms. The molecule has 0 aliphatic carbocycles. The normalized spacial score (nSPS) is 18.1. The summed E-state index contributed by atoms with van der Waals surface area (Å²) < 4.78 is 18.9. The van der Waals surface area contributed by atoms with Gasteiger partial charge in [0.05, 0.1) is 23.2 Å². The number of aliphatic hydroxyl groups is 1. The predicted octanol–water partition coefficient (Wildman–Crippen LogP) is 3.86. The van der Waals surface area contributed by atoms with Gasteiger partial charge in [-0.2, -0.15) is 0 Å². The fourth-order valence-corrected chi connectivity index (χ4v) is 3.72. The second-order valence-electron chi connectivity index (χ2n) is 7.43. The summed E-state index contributed by atoms with van der Waals surface area (Å²) in [7, 11) is 3.71. The third-order valence-electron chi connectivity index (χ3n) is 5.02. The Morgan fingerprint density at radius 3 is 2.45 bits per heavy atom. The van der Waals surface area contributed by atoms with Gasteiger partial charge in [-0.25, -0.2) is 4.39 Å². The molecule has 1 heterocycles. The molecule has 1 saturated heterocycles. The van der Waals surface area contributed by atoms with E-state index in [4.69, 9.17) is 16.3 Å². The number of nitrogens with zero attached hydrogens (tertiary/aromatic N) is 2. The van der Waals surface area contributed by atoms with Crippen molar-refractivity contribution in [2.75, 3.05) is 33.8 Å². The van der Waals surface area contributed by atoms with E-state index in [1.807, 2.05) is 25.9 Å². The van der Waals surface area contributed by atoms with Crippen LogP contribution in [-0.2, 0) is 9.59 Å². The van der Waals surface area contributed by atoms with Crippen LogP contribution in [-0.4, -0.2) is 60.4 Å². The SMILES string of the molecule is CCOc1ccc(/C(O)=C2\C(=O)C(=O)N(CCN(C)C)C2c2ccc(F)cc2)cc1Cl. The molecular weight excluding hydrogens is 423 g/mol. The average Bonchev–Trinajstić information content (AvgIpc) is 2.98. The van der Waals surface area contributed by atoms with E-state index in [9.17, 15) is 19.1 Å². The van der Waals surface area contributed by atoms with Crippen molar-refractivity contribution in [3.8, 4) is 5.75 Å². The highest BCUT2D eigenvalue weighted by molar-refractivity contribution is 6.46. The van der Waals surface area contributed by atoms with Crippen molar-refractivity contribution in [2.45, 2.75) is 13.0 Å². The number of Topliss-reactive ketones (excluding diaryl/α,β-unsaturated/α-hetero) is 1. The lowest BCUT2D eigenvalue weighted by molar-refractivity contribution is -0.140. The largest absolute Gasteiger partial charge is 0.507 e. The van der Waals surface area contributed by atoms with Crippen molar-refractivity contribution in [3.63, 3.8) is 0 Å². The lowest BCUT2D eigenvalue weighted by Crippen LogP contribution is -2.35. The quantitative estimate of drug-likeness (QED) is 0.397. The van der Waals surface area contributed by atoms with Crippen molar-refractivity contribution in [2.24, 2.45) is 0 Å². The molecule has 1 aliphatic rings. The van der Waals surface area contributed by atoms with Crippen molar-refractivity contribution in [1.82, 2.24) is 9.80 Å². The number of benzene rings is 2. The third kappa shape index (κ3) is 4.73. The molecule has 2 aromatic rings. The molecule has 3 rings (SSSR count). The molecule has 6 nitrogen and oxygen atoms in total. The van der Waals surface area contributed by atoms with Crippen LogP contribution in [0.2, 0.25) is 5.02 Å². The van der Waals surface area contributed by atoms with E-state index in [2.05, 4.69) is 0 Å². The highest BCUT2D eigenvalue weighted by Gasteiger charge is 2.45. The Kier molecular flexibility index (Phi) is 6.97. The summed E-state index contributed by atoms with van der Waals surface area (Å²) in [5, 5.41) is 11.3. The lowest BCUT2D eigenvalue weighted by Gasteiger charge is -2.26. The van der Waals surface area contributed by atoms with Gasteiger partial charge in [0.15, 0.2) is 0 Å². The number of hydrogen-bond donors (Lipinski definition) is 1. The molecule has 1 amide bonds. The average molecular weight is 447 g/mol. The molecule has 0 spiro atoms. The first kappa shape index (κ1) is 22.8. The third-order valence-corrected chi connectivity index (χ3v) is 5.31. The molecule has 1 aliphatic heterocycles. The summed E-state index contributed by atoms with van der Waals surface area (Å²) in [4.78, 5) is 29.0. The van der Waals surface area contributed by atoms with E-state index < -0.39 is 23.5 Å². The van der Waals surface area contributed by atoms with Gasteiger partial charge in [-0.15, -0.1) is 0 Å². The van der Waals surface area contributed by atoms with Gasteiger partial charge in [-0.05, 0) is 56.9 Å². The second-order valence-corrected chi connectivity index (χ2v) is 7.83. The zero-order valence-corrected chi connectivity index (χ0v) is 18.3. The minimum Gasteiger partial charge on any atom is -0.507 e. The zero-order valence-electron chi connectivity index (χ0n) is 17.6. The Morgan fingerprint density at radius 1 is 1.19 bits per heavy atom. The number of ether oxygens (including phenoxy) is 1. The lowest BCUT2D eigenvalue weighted by atomic mass is 9.95. The van der Waals surface area contributed by atoms with Gasteiger partial charge < -0.3 is 19.6 Å². The smallest absolute Gasteiger partial charge is 0.295 e. The van der Waals surface area contributed by atoms with Gasteiger partial charge in [0, 0.05) is 18.7 Å². The first-order valence-corrected chi connectivity index (χ1v) is 10.2. The Hall–Kier alpha value is -2.90. The summed E-state index contributed by atoms with van der Waals surface area (Å²) in [6.45, 7) is 3.02. The van der Waals surface area contributed by atoms with Crippen molar-refractivity contribution < 1.29 is 23.8 Å². The molecular formula is C23H24ClFN2O4. The van der Waals surface area contributed by atoms with Crippen LogP contribution in [0, 0.1) is 5.82 Å². The Labute approximate surface area is 185 Å². The maximum absolute atomic E-state index is 13.5. The fourth-order valence-electron chi connectivity index (χ4n) is 3.49. The number of aliphatic hydroxyl groups excluding tert-OH is 1. The molecule has 164 valence electrons. The zero-order chi connectivity index (χ0) is 22.7. The molecule has 0 radical (unpaired) electrons. The summed E-state index contributed by atoms with van der Waals surface area (Å²) in [6, 6.07) is 9.34. The molecule has 0 saturated carbocycles. The second kappa shape index (κ2) is 9.49. The maximum atomic E-state index is 13.5. The Morgan fingerprint density at radius 2 is 1.87 bits per heavy atom. The van der Waals surface area contributed by atoms with E-state index in [-0.39, 0.29) is 28.5 Å². The number of hydrogen-bond acceptors (Lipinski definition) is 5. The van der Waals surface area contributed by atoms with Gasteiger partial charge in [0.2, 0.25) is 0 Å². The molecule has 1 unspecified atom stereocenters. The first-order chi connectivity index (χ1) is 14.7. The van der Waals surface area contributed by atoms with Crippen LogP contribution in [0.3, 0.4) is 0 Å². The number of likely N-dealkylation sites (N-methyl/N-ethyl adjacent to an activating group) is 1. The molecule has 1 N–H and O–H groups in total. The van der Waals surface area contributed by atoms with Gasteiger partial charge in [-0.3, -0.25) is 9.59 Å². The number of carbonyl (C=O) groups excluding carboxylic acids is 2. The molecule has 1 fully saturated rings. The van der Waals surface area contributed by atoms with Crippen LogP contribution >= 0.6 is 11.6 Å². The van der Waals surface area contributed by atoms with E-state index in [0.29, 0.717) is 24.5 Å². The van der Waals surface area contributed by atoms with Gasteiger partial charge in [-0.1, -0.05) is 23.7 Å². The van der Waals surface area contributed by atoms with Crippen molar-refractivity contribution in [3.05, 3.63) is 70.0 Å². The monoisotopic (exact) mass is 446 g/mol. The van der Waals surface area contributed by atoms with E-state index in [1.165, 1.54) is 35.2 Å². The highest BCUT2D eigenvalue weighted by Crippen LogP contribution is 2.40. The van der Waals surface area contributed by atoms with Crippen LogP contribution in [0.4, 0.5) is 4.39 Å². The number of carbonyl (C=O) groups is 2. The summed E-state index contributed by atoms with van der Waals surface area (Å²) in [6.07, 6.45) is 0. The number of ketones is 1. The molecule has 1 atom stereocenters. The molecule has 0 aromatic heterocycles. The van der Waals surface area contributed by atoms with Crippen molar-refractivity contribution in [1.29, 1.82) is 0 Å². The topological polar surface area (TPSA) is 70.1 Å². The maximum Gasteiger partial charge on any atom is 0.295 e. The van der Waals surface area contributed by atoms with Crippen LogP contribution in [0.15, 0.2) is 48.0 Å². The van der Waals surface area contributed by atoms with Gasteiger partial charge in [0.25, 0.3) is 11.7 Å². The number of halogens is 2. The summed E-state index contributed by atoms with van der Waals surface area (Å²) in [5.74, 6) is -1.84.